The molecule has 0 amide bonds. The van der Waals surface area contributed by atoms with Gasteiger partial charge >= 0.3 is 0 Å². The molecule has 0 saturated carbocycles. The molecule has 2 aromatic rings. The van der Waals surface area contributed by atoms with Gasteiger partial charge in [-0.3, -0.25) is 4.79 Å². The third kappa shape index (κ3) is 3.49. The Hall–Kier alpha value is -2.60. The van der Waals surface area contributed by atoms with Gasteiger partial charge in [0, 0.05) is 5.56 Å². The van der Waals surface area contributed by atoms with Crippen molar-refractivity contribution < 1.29 is 9.53 Å². The molecular weight excluding hydrogens is 262 g/mol. The molecule has 0 saturated heterocycles. The fourth-order valence-electron chi connectivity index (χ4n) is 2.09. The first kappa shape index (κ1) is 14.8. The Morgan fingerprint density at radius 3 is 2.43 bits per heavy atom. The zero-order valence-electron chi connectivity index (χ0n) is 12.4. The number of rotatable bonds is 4. The highest BCUT2D eigenvalue weighted by atomic mass is 16.5. The summed E-state index contributed by atoms with van der Waals surface area (Å²) in [7, 11) is 0. The van der Waals surface area contributed by atoms with Crippen LogP contribution in [0.5, 0.6) is 5.75 Å². The fraction of sp³-hybridized carbons (Fsp3) is 0.222. The van der Waals surface area contributed by atoms with Crippen LogP contribution in [0.25, 0.3) is 0 Å². The van der Waals surface area contributed by atoms with Crippen LogP contribution in [0.1, 0.15) is 34.0 Å². The first-order valence-corrected chi connectivity index (χ1v) is 6.79. The summed E-state index contributed by atoms with van der Waals surface area (Å²) in [4.78, 5) is 12.5. The number of nitriles is 1. The fourth-order valence-corrected chi connectivity index (χ4v) is 2.09. The van der Waals surface area contributed by atoms with Crippen LogP contribution in [0, 0.1) is 25.2 Å². The summed E-state index contributed by atoms with van der Waals surface area (Å²) in [5.41, 5.74) is 3.25. The Labute approximate surface area is 124 Å². The standard InChI is InChI=1S/C18H17NO2/c1-12-4-5-13(2)17(10-12)18(20)14(3)21-16-8-6-15(11-19)7-9-16/h4-10,14H,1-3H3/t14-/m1/s1. The Morgan fingerprint density at radius 1 is 1.14 bits per heavy atom. The molecule has 0 spiro atoms. The molecule has 0 unspecified atom stereocenters. The van der Waals surface area contributed by atoms with Crippen molar-refractivity contribution in [1.82, 2.24) is 0 Å². The van der Waals surface area contributed by atoms with E-state index < -0.39 is 6.10 Å². The van der Waals surface area contributed by atoms with E-state index >= 15 is 0 Å². The van der Waals surface area contributed by atoms with Crippen molar-refractivity contribution >= 4 is 5.78 Å². The molecule has 0 radical (unpaired) electrons. The second-order valence-corrected chi connectivity index (χ2v) is 5.08. The highest BCUT2D eigenvalue weighted by Gasteiger charge is 2.18. The van der Waals surface area contributed by atoms with Gasteiger partial charge in [0.25, 0.3) is 0 Å². The van der Waals surface area contributed by atoms with Crippen molar-refractivity contribution in [1.29, 1.82) is 5.26 Å². The number of ketones is 1. The van der Waals surface area contributed by atoms with E-state index in [9.17, 15) is 4.79 Å². The summed E-state index contributed by atoms with van der Waals surface area (Å²) in [6, 6.07) is 14.6. The molecule has 0 aliphatic heterocycles. The maximum absolute atomic E-state index is 12.5. The zero-order valence-corrected chi connectivity index (χ0v) is 12.4. The number of carbonyl (C=O) groups excluding carboxylic acids is 1. The molecule has 21 heavy (non-hydrogen) atoms. The largest absolute Gasteiger partial charge is 0.483 e. The maximum atomic E-state index is 12.5. The average Bonchev–Trinajstić information content (AvgIpc) is 2.49. The Kier molecular flexibility index (Phi) is 4.39. The minimum atomic E-state index is -0.571. The lowest BCUT2D eigenvalue weighted by Gasteiger charge is -2.15. The number of benzene rings is 2. The lowest BCUT2D eigenvalue weighted by atomic mass is 9.99. The molecule has 2 rings (SSSR count). The molecular formula is C18H17NO2. The molecule has 0 fully saturated rings. The molecule has 3 nitrogen and oxygen atoms in total. The molecule has 106 valence electrons. The molecule has 0 N–H and O–H groups in total. The van der Waals surface area contributed by atoms with Gasteiger partial charge in [0.05, 0.1) is 11.6 Å². The quantitative estimate of drug-likeness (QED) is 0.799. The Bertz CT molecular complexity index is 696. The summed E-state index contributed by atoms with van der Waals surface area (Å²) in [6.45, 7) is 5.62. The van der Waals surface area contributed by atoms with E-state index in [0.717, 1.165) is 11.1 Å². The van der Waals surface area contributed by atoms with E-state index in [-0.39, 0.29) is 5.78 Å². The van der Waals surface area contributed by atoms with E-state index in [2.05, 4.69) is 0 Å². The van der Waals surface area contributed by atoms with Crippen LogP contribution in [-0.4, -0.2) is 11.9 Å². The van der Waals surface area contributed by atoms with Crippen molar-refractivity contribution in [2.75, 3.05) is 0 Å². The van der Waals surface area contributed by atoms with Crippen LogP contribution in [0.15, 0.2) is 42.5 Å². The van der Waals surface area contributed by atoms with E-state index in [1.54, 1.807) is 31.2 Å². The third-order valence-electron chi connectivity index (χ3n) is 3.32. The van der Waals surface area contributed by atoms with Crippen LogP contribution < -0.4 is 4.74 Å². The first-order valence-electron chi connectivity index (χ1n) is 6.79. The molecule has 0 heterocycles. The molecule has 3 heteroatoms. The number of ether oxygens (including phenoxy) is 1. The molecule has 2 aromatic carbocycles. The predicted octanol–water partition coefficient (Wildman–Crippen LogP) is 3.83. The number of nitrogens with zero attached hydrogens (tertiary/aromatic N) is 1. The van der Waals surface area contributed by atoms with Gasteiger partial charge in [-0.15, -0.1) is 0 Å². The van der Waals surface area contributed by atoms with Crippen LogP contribution in [0.4, 0.5) is 0 Å². The van der Waals surface area contributed by atoms with Crippen molar-refractivity contribution in [2.45, 2.75) is 26.9 Å². The predicted molar refractivity (Wildman–Crippen MR) is 81.5 cm³/mol. The van der Waals surface area contributed by atoms with Gasteiger partial charge in [-0.1, -0.05) is 17.7 Å². The highest BCUT2D eigenvalue weighted by molar-refractivity contribution is 6.00. The van der Waals surface area contributed by atoms with E-state index in [1.807, 2.05) is 38.1 Å². The molecule has 0 bridgehead atoms. The Balaban J connectivity index is 2.15. The van der Waals surface area contributed by atoms with Gasteiger partial charge in [0.2, 0.25) is 5.78 Å². The van der Waals surface area contributed by atoms with Gasteiger partial charge in [0.1, 0.15) is 5.75 Å². The van der Waals surface area contributed by atoms with Crippen molar-refractivity contribution in [2.24, 2.45) is 0 Å². The SMILES string of the molecule is Cc1ccc(C)c(C(=O)[C@@H](C)Oc2ccc(C#N)cc2)c1. The smallest absolute Gasteiger partial charge is 0.203 e. The van der Waals surface area contributed by atoms with E-state index in [4.69, 9.17) is 10.00 Å². The third-order valence-corrected chi connectivity index (χ3v) is 3.32. The number of hydrogen-bond acceptors (Lipinski definition) is 3. The van der Waals surface area contributed by atoms with E-state index in [0.29, 0.717) is 16.9 Å². The zero-order chi connectivity index (χ0) is 15.4. The minimum absolute atomic E-state index is 0.0411. The van der Waals surface area contributed by atoms with Crippen molar-refractivity contribution in [3.63, 3.8) is 0 Å². The average molecular weight is 279 g/mol. The monoisotopic (exact) mass is 279 g/mol. The molecule has 0 aliphatic carbocycles. The van der Waals surface area contributed by atoms with Crippen molar-refractivity contribution in [3.05, 3.63) is 64.7 Å². The number of carbonyl (C=O) groups is 1. The van der Waals surface area contributed by atoms with E-state index in [1.165, 1.54) is 0 Å². The van der Waals surface area contributed by atoms with Crippen LogP contribution in [0.3, 0.4) is 0 Å². The summed E-state index contributed by atoms with van der Waals surface area (Å²) < 4.78 is 5.67. The second-order valence-electron chi connectivity index (χ2n) is 5.08. The van der Waals surface area contributed by atoms with Crippen LogP contribution in [0.2, 0.25) is 0 Å². The van der Waals surface area contributed by atoms with Crippen LogP contribution >= 0.6 is 0 Å². The van der Waals surface area contributed by atoms with Crippen LogP contribution in [-0.2, 0) is 0 Å². The number of hydrogen-bond donors (Lipinski definition) is 0. The van der Waals surface area contributed by atoms with Gasteiger partial charge in [-0.05, 0) is 56.7 Å². The normalized spacial score (nSPS) is 11.5. The van der Waals surface area contributed by atoms with Crippen molar-refractivity contribution in [3.8, 4) is 11.8 Å². The number of aryl methyl sites for hydroxylation is 2. The second kappa shape index (κ2) is 6.23. The highest BCUT2D eigenvalue weighted by Crippen LogP contribution is 2.18. The maximum Gasteiger partial charge on any atom is 0.203 e. The minimum Gasteiger partial charge on any atom is -0.483 e. The summed E-state index contributed by atoms with van der Waals surface area (Å²) >= 11 is 0. The summed E-state index contributed by atoms with van der Waals surface area (Å²) in [5.74, 6) is 0.542. The molecule has 0 aliphatic rings. The molecule has 0 aromatic heterocycles. The first-order chi connectivity index (χ1) is 10.0. The number of Topliss-reactive ketones (excluding diaryl/α,β-unsaturated/α-hetero) is 1. The lowest BCUT2D eigenvalue weighted by Crippen LogP contribution is -2.24. The van der Waals surface area contributed by atoms with Gasteiger partial charge in [-0.2, -0.15) is 5.26 Å². The van der Waals surface area contributed by atoms with Gasteiger partial charge < -0.3 is 4.74 Å². The lowest BCUT2D eigenvalue weighted by molar-refractivity contribution is 0.0817. The Morgan fingerprint density at radius 2 is 1.81 bits per heavy atom. The summed E-state index contributed by atoms with van der Waals surface area (Å²) in [6.07, 6.45) is -0.571. The summed E-state index contributed by atoms with van der Waals surface area (Å²) in [5, 5.41) is 8.76. The molecule has 1 atom stereocenters. The van der Waals surface area contributed by atoms with Gasteiger partial charge in [0.15, 0.2) is 6.10 Å². The van der Waals surface area contributed by atoms with Gasteiger partial charge in [-0.25, -0.2) is 0 Å². The topological polar surface area (TPSA) is 50.1 Å².